The van der Waals surface area contributed by atoms with Crippen LogP contribution in [0.3, 0.4) is 0 Å². The number of rotatable bonds is 3. The van der Waals surface area contributed by atoms with E-state index < -0.39 is 0 Å². The minimum absolute atomic E-state index is 0.0421. The molecule has 0 bridgehead atoms. The lowest BCUT2D eigenvalue weighted by molar-refractivity contribution is 0.0676. The number of amides is 1. The van der Waals surface area contributed by atoms with Gasteiger partial charge < -0.3 is 10.2 Å². The molecule has 1 aromatic carbocycles. The molecule has 1 atom stereocenters. The maximum atomic E-state index is 12.5. The lowest BCUT2D eigenvalue weighted by Crippen LogP contribution is -2.39. The maximum Gasteiger partial charge on any atom is 0.274 e. The molecular formula is C18H21ClN4O. The van der Waals surface area contributed by atoms with Crippen LogP contribution in [0.15, 0.2) is 30.3 Å². The predicted octanol–water partition coefficient (Wildman–Crippen LogP) is 4.05. The summed E-state index contributed by atoms with van der Waals surface area (Å²) in [7, 11) is 0. The van der Waals surface area contributed by atoms with Crippen LogP contribution in [-0.2, 0) is 0 Å². The van der Waals surface area contributed by atoms with Crippen LogP contribution in [0.25, 0.3) is 0 Å². The zero-order valence-corrected chi connectivity index (χ0v) is 14.7. The van der Waals surface area contributed by atoms with E-state index in [1.165, 1.54) is 6.42 Å². The highest BCUT2D eigenvalue weighted by atomic mass is 35.5. The van der Waals surface area contributed by atoms with Crippen LogP contribution >= 0.6 is 11.6 Å². The molecule has 1 fully saturated rings. The highest BCUT2D eigenvalue weighted by Gasteiger charge is 2.23. The van der Waals surface area contributed by atoms with Gasteiger partial charge in [0.2, 0.25) is 0 Å². The monoisotopic (exact) mass is 344 g/mol. The van der Waals surface area contributed by atoms with Crippen molar-refractivity contribution >= 4 is 29.0 Å². The summed E-state index contributed by atoms with van der Waals surface area (Å²) in [5, 5.41) is 12.1. The van der Waals surface area contributed by atoms with E-state index in [1.807, 2.05) is 30.0 Å². The Kier molecular flexibility index (Phi) is 5.00. The highest BCUT2D eigenvalue weighted by Crippen LogP contribution is 2.25. The van der Waals surface area contributed by atoms with Crippen LogP contribution in [0.2, 0.25) is 5.02 Å². The second-order valence-electron chi connectivity index (χ2n) is 6.34. The first-order valence-electron chi connectivity index (χ1n) is 8.19. The third kappa shape index (κ3) is 3.67. The van der Waals surface area contributed by atoms with Crippen LogP contribution in [0.4, 0.5) is 11.5 Å². The van der Waals surface area contributed by atoms with Crippen molar-refractivity contribution < 1.29 is 4.79 Å². The molecule has 0 saturated carbocycles. The summed E-state index contributed by atoms with van der Waals surface area (Å²) in [4.78, 5) is 14.4. The van der Waals surface area contributed by atoms with Crippen molar-refractivity contribution in [2.24, 2.45) is 5.92 Å². The van der Waals surface area contributed by atoms with Gasteiger partial charge in [0.1, 0.15) is 0 Å². The van der Waals surface area contributed by atoms with Crippen LogP contribution in [0.5, 0.6) is 0 Å². The van der Waals surface area contributed by atoms with Crippen molar-refractivity contribution in [3.63, 3.8) is 0 Å². The minimum atomic E-state index is -0.0421. The molecule has 1 saturated heterocycles. The Morgan fingerprint density at radius 1 is 1.29 bits per heavy atom. The number of aromatic nitrogens is 2. The van der Waals surface area contributed by atoms with Gasteiger partial charge in [-0.25, -0.2) is 0 Å². The SMILES string of the molecule is Cc1c(Cl)cccc1Nc1ccc(C(=O)N2CCCC(C)C2)nn1. The fourth-order valence-electron chi connectivity index (χ4n) is 2.93. The molecule has 3 rings (SSSR count). The van der Waals surface area contributed by atoms with E-state index in [-0.39, 0.29) is 5.91 Å². The summed E-state index contributed by atoms with van der Waals surface area (Å²) in [6.45, 7) is 5.70. The number of carbonyl (C=O) groups excluding carboxylic acids is 1. The van der Waals surface area contributed by atoms with Gasteiger partial charge in [-0.3, -0.25) is 4.79 Å². The number of nitrogens with zero attached hydrogens (tertiary/aromatic N) is 3. The van der Waals surface area contributed by atoms with Gasteiger partial charge in [-0.2, -0.15) is 0 Å². The average molecular weight is 345 g/mol. The zero-order chi connectivity index (χ0) is 17.1. The minimum Gasteiger partial charge on any atom is -0.338 e. The summed E-state index contributed by atoms with van der Waals surface area (Å²) in [5.41, 5.74) is 2.21. The molecule has 1 aliphatic heterocycles. The second kappa shape index (κ2) is 7.18. The van der Waals surface area contributed by atoms with Crippen LogP contribution in [0.1, 0.15) is 35.8 Å². The molecule has 5 nitrogen and oxygen atoms in total. The summed E-state index contributed by atoms with van der Waals surface area (Å²) < 4.78 is 0. The molecule has 6 heteroatoms. The number of anilines is 2. The largest absolute Gasteiger partial charge is 0.338 e. The van der Waals surface area contributed by atoms with Crippen molar-refractivity contribution in [1.29, 1.82) is 0 Å². The number of halogens is 1. The molecule has 1 aromatic heterocycles. The van der Waals surface area contributed by atoms with Gasteiger partial charge in [0.05, 0.1) is 0 Å². The van der Waals surface area contributed by atoms with Gasteiger partial charge in [-0.05, 0) is 55.5 Å². The van der Waals surface area contributed by atoms with Crippen molar-refractivity contribution in [3.8, 4) is 0 Å². The van der Waals surface area contributed by atoms with E-state index >= 15 is 0 Å². The number of likely N-dealkylation sites (tertiary alicyclic amines) is 1. The van der Waals surface area contributed by atoms with Crippen molar-refractivity contribution in [3.05, 3.63) is 46.6 Å². The molecule has 1 amide bonds. The first kappa shape index (κ1) is 16.7. The molecule has 0 spiro atoms. The number of hydrogen-bond acceptors (Lipinski definition) is 4. The lowest BCUT2D eigenvalue weighted by Gasteiger charge is -2.30. The number of benzene rings is 1. The topological polar surface area (TPSA) is 58.1 Å². The van der Waals surface area contributed by atoms with E-state index in [9.17, 15) is 4.79 Å². The third-order valence-electron chi connectivity index (χ3n) is 4.36. The molecule has 0 aliphatic carbocycles. The molecule has 1 unspecified atom stereocenters. The standard InChI is InChI=1S/C18H21ClN4O/c1-12-5-4-10-23(11-12)18(24)16-8-9-17(22-21-16)20-15-7-3-6-14(19)13(15)2/h3,6-9,12H,4-5,10-11H2,1-2H3,(H,20,22). The first-order chi connectivity index (χ1) is 11.5. The van der Waals surface area contributed by atoms with Crippen molar-refractivity contribution in [2.75, 3.05) is 18.4 Å². The van der Waals surface area contributed by atoms with Crippen LogP contribution in [-0.4, -0.2) is 34.1 Å². The average Bonchev–Trinajstić information content (AvgIpc) is 2.59. The van der Waals surface area contributed by atoms with Crippen LogP contribution in [0, 0.1) is 12.8 Å². The summed E-state index contributed by atoms with van der Waals surface area (Å²) in [5.74, 6) is 1.09. The van der Waals surface area contributed by atoms with Crippen molar-refractivity contribution in [2.45, 2.75) is 26.7 Å². The number of piperidine rings is 1. The van der Waals surface area contributed by atoms with E-state index in [0.29, 0.717) is 22.5 Å². The van der Waals surface area contributed by atoms with Gasteiger partial charge in [0.15, 0.2) is 11.5 Å². The smallest absolute Gasteiger partial charge is 0.274 e. The number of carbonyl (C=O) groups is 1. The summed E-state index contributed by atoms with van der Waals surface area (Å²) in [6.07, 6.45) is 2.23. The van der Waals surface area contributed by atoms with E-state index in [1.54, 1.807) is 12.1 Å². The van der Waals surface area contributed by atoms with Gasteiger partial charge in [0.25, 0.3) is 5.91 Å². The molecule has 1 aliphatic rings. The van der Waals surface area contributed by atoms with E-state index in [2.05, 4.69) is 22.4 Å². The Morgan fingerprint density at radius 2 is 2.12 bits per heavy atom. The zero-order valence-electron chi connectivity index (χ0n) is 13.9. The van der Waals surface area contributed by atoms with Gasteiger partial charge in [0, 0.05) is 23.8 Å². The second-order valence-corrected chi connectivity index (χ2v) is 6.75. The molecule has 0 radical (unpaired) electrons. The third-order valence-corrected chi connectivity index (χ3v) is 4.77. The summed E-state index contributed by atoms with van der Waals surface area (Å²) in [6, 6.07) is 9.14. The van der Waals surface area contributed by atoms with Gasteiger partial charge in [-0.1, -0.05) is 24.6 Å². The first-order valence-corrected chi connectivity index (χ1v) is 8.57. The maximum absolute atomic E-state index is 12.5. The van der Waals surface area contributed by atoms with Crippen LogP contribution < -0.4 is 5.32 Å². The van der Waals surface area contributed by atoms with Crippen molar-refractivity contribution in [1.82, 2.24) is 15.1 Å². The fourth-order valence-corrected chi connectivity index (χ4v) is 3.10. The quantitative estimate of drug-likeness (QED) is 0.912. The lowest BCUT2D eigenvalue weighted by atomic mass is 10.00. The normalized spacial score (nSPS) is 17.6. The molecule has 2 aromatic rings. The van der Waals surface area contributed by atoms with E-state index in [0.717, 1.165) is 30.8 Å². The fraction of sp³-hybridized carbons (Fsp3) is 0.389. The Labute approximate surface area is 147 Å². The predicted molar refractivity (Wildman–Crippen MR) is 95.8 cm³/mol. The molecule has 126 valence electrons. The Bertz CT molecular complexity index is 732. The molecule has 1 N–H and O–H groups in total. The number of hydrogen-bond donors (Lipinski definition) is 1. The number of nitrogens with one attached hydrogen (secondary N) is 1. The van der Waals surface area contributed by atoms with Gasteiger partial charge in [-0.15, -0.1) is 10.2 Å². The Hall–Kier alpha value is -2.14. The molecule has 24 heavy (non-hydrogen) atoms. The molecular weight excluding hydrogens is 324 g/mol. The summed E-state index contributed by atoms with van der Waals surface area (Å²) >= 11 is 6.12. The Balaban J connectivity index is 1.71. The van der Waals surface area contributed by atoms with Gasteiger partial charge >= 0.3 is 0 Å². The Morgan fingerprint density at radius 3 is 2.83 bits per heavy atom. The van der Waals surface area contributed by atoms with E-state index in [4.69, 9.17) is 11.6 Å². The highest BCUT2D eigenvalue weighted by molar-refractivity contribution is 6.31. The molecule has 2 heterocycles.